The first kappa shape index (κ1) is 17.0. The van der Waals surface area contributed by atoms with Gasteiger partial charge in [-0.3, -0.25) is 9.69 Å². The van der Waals surface area contributed by atoms with Crippen LogP contribution in [0.1, 0.15) is 25.8 Å². The van der Waals surface area contributed by atoms with Crippen LogP contribution in [-0.2, 0) is 4.79 Å². The molecular weight excluding hydrogens is 342 g/mol. The second kappa shape index (κ2) is 6.99. The predicted molar refractivity (Wildman–Crippen MR) is 101 cm³/mol. The van der Waals surface area contributed by atoms with E-state index >= 15 is 0 Å². The smallest absolute Gasteiger partial charge is 0.266 e. The lowest BCUT2D eigenvalue weighted by molar-refractivity contribution is -0.122. The van der Waals surface area contributed by atoms with Crippen LogP contribution in [0.2, 0.25) is 0 Å². The Morgan fingerprint density at radius 2 is 2.25 bits per heavy atom. The minimum atomic E-state index is -0.163. The van der Waals surface area contributed by atoms with Crippen molar-refractivity contribution >= 4 is 40.3 Å². The molecule has 1 saturated heterocycles. The van der Waals surface area contributed by atoms with Crippen LogP contribution in [-0.4, -0.2) is 34.9 Å². The van der Waals surface area contributed by atoms with Crippen molar-refractivity contribution in [3.8, 4) is 11.5 Å². The van der Waals surface area contributed by atoms with Gasteiger partial charge in [-0.15, -0.1) is 0 Å². The SMILES string of the molecule is CCCN1C(=O)C(=CC2=Cc3cccc(OC)c3OC2C)SC1=S. The maximum absolute atomic E-state index is 12.5. The Morgan fingerprint density at radius 3 is 2.96 bits per heavy atom. The molecule has 0 radical (unpaired) electrons. The quantitative estimate of drug-likeness (QED) is 0.598. The predicted octanol–water partition coefficient (Wildman–Crippen LogP) is 4.01. The fourth-order valence-electron chi connectivity index (χ4n) is 2.70. The van der Waals surface area contributed by atoms with E-state index in [1.807, 2.05) is 44.2 Å². The number of fused-ring (bicyclic) bond motifs is 1. The Hall–Kier alpha value is -1.79. The molecule has 0 aliphatic carbocycles. The first-order valence-electron chi connectivity index (χ1n) is 7.85. The number of hydrogen-bond acceptors (Lipinski definition) is 5. The van der Waals surface area contributed by atoms with E-state index in [0.717, 1.165) is 23.3 Å². The fourth-order valence-corrected chi connectivity index (χ4v) is 4.01. The third-order valence-corrected chi connectivity index (χ3v) is 5.31. The molecule has 6 heteroatoms. The van der Waals surface area contributed by atoms with Gasteiger partial charge in [0.1, 0.15) is 10.4 Å². The van der Waals surface area contributed by atoms with Crippen LogP contribution in [0.25, 0.3) is 6.08 Å². The average Bonchev–Trinajstić information content (AvgIpc) is 2.83. The summed E-state index contributed by atoms with van der Waals surface area (Å²) in [4.78, 5) is 14.8. The molecule has 1 amide bonds. The second-order valence-corrected chi connectivity index (χ2v) is 7.29. The number of benzene rings is 1. The minimum Gasteiger partial charge on any atom is -0.493 e. The molecule has 0 bridgehead atoms. The first-order valence-corrected chi connectivity index (χ1v) is 9.08. The zero-order chi connectivity index (χ0) is 17.3. The summed E-state index contributed by atoms with van der Waals surface area (Å²) in [6.07, 6.45) is 4.65. The first-order chi connectivity index (χ1) is 11.5. The Balaban J connectivity index is 1.94. The van der Waals surface area contributed by atoms with Gasteiger partial charge in [-0.2, -0.15) is 0 Å². The van der Waals surface area contributed by atoms with E-state index in [2.05, 4.69) is 0 Å². The Labute approximate surface area is 151 Å². The van der Waals surface area contributed by atoms with E-state index < -0.39 is 0 Å². The summed E-state index contributed by atoms with van der Waals surface area (Å²) >= 11 is 6.67. The van der Waals surface area contributed by atoms with Gasteiger partial charge in [0, 0.05) is 12.1 Å². The van der Waals surface area contributed by atoms with E-state index in [4.69, 9.17) is 21.7 Å². The molecule has 0 N–H and O–H groups in total. The molecule has 2 heterocycles. The standard InChI is InChI=1S/C18H19NO3S2/c1-4-8-19-17(20)15(24-18(19)23)10-13-9-12-6-5-7-14(21-3)16(12)22-11(13)2/h5-7,9-11H,4,8H2,1-3H3. The van der Waals surface area contributed by atoms with Crippen LogP contribution >= 0.6 is 24.0 Å². The van der Waals surface area contributed by atoms with Gasteiger partial charge in [0.15, 0.2) is 11.5 Å². The highest BCUT2D eigenvalue weighted by Crippen LogP contribution is 2.39. The Bertz CT molecular complexity index is 755. The highest BCUT2D eigenvalue weighted by atomic mass is 32.2. The van der Waals surface area contributed by atoms with E-state index in [0.29, 0.717) is 21.5 Å². The number of rotatable bonds is 4. The van der Waals surface area contributed by atoms with Crippen LogP contribution in [0.5, 0.6) is 11.5 Å². The summed E-state index contributed by atoms with van der Waals surface area (Å²) in [5, 5.41) is 0. The van der Waals surface area contributed by atoms with Crippen molar-refractivity contribution in [2.24, 2.45) is 0 Å². The topological polar surface area (TPSA) is 38.8 Å². The largest absolute Gasteiger partial charge is 0.493 e. The summed E-state index contributed by atoms with van der Waals surface area (Å²) in [7, 11) is 1.63. The van der Waals surface area contributed by atoms with Gasteiger partial charge < -0.3 is 9.47 Å². The van der Waals surface area contributed by atoms with Crippen molar-refractivity contribution < 1.29 is 14.3 Å². The lowest BCUT2D eigenvalue weighted by Crippen LogP contribution is -2.28. The third kappa shape index (κ3) is 3.08. The highest BCUT2D eigenvalue weighted by Gasteiger charge is 2.32. The number of nitrogens with zero attached hydrogens (tertiary/aromatic N) is 1. The van der Waals surface area contributed by atoms with E-state index in [-0.39, 0.29) is 12.0 Å². The number of amides is 1. The molecule has 0 spiro atoms. The number of carbonyl (C=O) groups is 1. The summed E-state index contributed by atoms with van der Waals surface area (Å²) < 4.78 is 12.0. The number of carbonyl (C=O) groups excluding carboxylic acids is 1. The zero-order valence-electron chi connectivity index (χ0n) is 13.9. The Morgan fingerprint density at radius 1 is 1.46 bits per heavy atom. The van der Waals surface area contributed by atoms with E-state index in [1.165, 1.54) is 11.8 Å². The molecule has 0 saturated carbocycles. The average molecular weight is 361 g/mol. The minimum absolute atomic E-state index is 0.0172. The number of thiocarbonyl (C=S) groups is 1. The van der Waals surface area contributed by atoms with Crippen molar-refractivity contribution in [2.45, 2.75) is 26.4 Å². The molecule has 1 aromatic rings. The number of methoxy groups -OCH3 is 1. The number of para-hydroxylation sites is 1. The molecule has 2 aliphatic heterocycles. The molecule has 1 fully saturated rings. The lowest BCUT2D eigenvalue weighted by atomic mass is 10.0. The van der Waals surface area contributed by atoms with Crippen molar-refractivity contribution in [3.63, 3.8) is 0 Å². The molecule has 1 aromatic carbocycles. The van der Waals surface area contributed by atoms with E-state index in [1.54, 1.807) is 12.0 Å². The molecule has 24 heavy (non-hydrogen) atoms. The number of ether oxygens (including phenoxy) is 2. The molecule has 0 aromatic heterocycles. The van der Waals surface area contributed by atoms with Gasteiger partial charge in [0.25, 0.3) is 5.91 Å². The molecule has 1 unspecified atom stereocenters. The van der Waals surface area contributed by atoms with Gasteiger partial charge in [0.2, 0.25) is 0 Å². The highest BCUT2D eigenvalue weighted by molar-refractivity contribution is 8.26. The lowest BCUT2D eigenvalue weighted by Gasteiger charge is -2.24. The molecule has 2 aliphatic rings. The molecular formula is C18H19NO3S2. The van der Waals surface area contributed by atoms with Crippen molar-refractivity contribution in [1.82, 2.24) is 4.90 Å². The van der Waals surface area contributed by atoms with Gasteiger partial charge in [0.05, 0.1) is 12.0 Å². The summed E-state index contributed by atoms with van der Waals surface area (Å²) in [5.74, 6) is 1.43. The van der Waals surface area contributed by atoms with Crippen molar-refractivity contribution in [2.75, 3.05) is 13.7 Å². The Kier molecular flexibility index (Phi) is 4.96. The zero-order valence-corrected chi connectivity index (χ0v) is 15.5. The van der Waals surface area contributed by atoms with Crippen LogP contribution in [0, 0.1) is 0 Å². The number of thioether (sulfide) groups is 1. The van der Waals surface area contributed by atoms with Crippen molar-refractivity contribution in [3.05, 3.63) is 40.3 Å². The van der Waals surface area contributed by atoms with E-state index in [9.17, 15) is 4.79 Å². The second-order valence-electron chi connectivity index (χ2n) is 5.62. The van der Waals surface area contributed by atoms with Gasteiger partial charge in [-0.1, -0.05) is 43.0 Å². The fraction of sp³-hybridized carbons (Fsp3) is 0.333. The van der Waals surface area contributed by atoms with Gasteiger partial charge in [-0.05, 0) is 37.1 Å². The van der Waals surface area contributed by atoms with Crippen LogP contribution in [0.3, 0.4) is 0 Å². The van der Waals surface area contributed by atoms with Crippen molar-refractivity contribution in [1.29, 1.82) is 0 Å². The molecule has 4 nitrogen and oxygen atoms in total. The maximum Gasteiger partial charge on any atom is 0.266 e. The van der Waals surface area contributed by atoms with Gasteiger partial charge in [-0.25, -0.2) is 0 Å². The maximum atomic E-state index is 12.5. The molecule has 126 valence electrons. The summed E-state index contributed by atoms with van der Waals surface area (Å²) in [5.41, 5.74) is 1.90. The van der Waals surface area contributed by atoms with Crippen LogP contribution in [0.15, 0.2) is 34.8 Å². The van der Waals surface area contributed by atoms with Crippen LogP contribution in [0.4, 0.5) is 0 Å². The number of hydrogen-bond donors (Lipinski definition) is 0. The summed E-state index contributed by atoms with van der Waals surface area (Å²) in [6.45, 7) is 4.66. The summed E-state index contributed by atoms with van der Waals surface area (Å²) in [6, 6.07) is 5.77. The molecule has 3 rings (SSSR count). The van der Waals surface area contributed by atoms with Gasteiger partial charge >= 0.3 is 0 Å². The molecule has 1 atom stereocenters. The monoisotopic (exact) mass is 361 g/mol. The third-order valence-electron chi connectivity index (χ3n) is 3.93. The normalized spacial score (nSPS) is 21.6. The van der Waals surface area contributed by atoms with Crippen LogP contribution < -0.4 is 9.47 Å².